The topological polar surface area (TPSA) is 65.6 Å². The lowest BCUT2D eigenvalue weighted by Crippen LogP contribution is -2.42. The van der Waals surface area contributed by atoms with E-state index in [1.807, 2.05) is 42.5 Å². The van der Waals surface area contributed by atoms with Gasteiger partial charge in [-0.25, -0.2) is 0 Å². The zero-order valence-corrected chi connectivity index (χ0v) is 16.7. The quantitative estimate of drug-likeness (QED) is 0.650. The third-order valence-electron chi connectivity index (χ3n) is 4.94. The summed E-state index contributed by atoms with van der Waals surface area (Å²) in [5, 5.41) is 9.80. The number of hydrogen-bond donors (Lipinski definition) is 3. The maximum absolute atomic E-state index is 12.3. The van der Waals surface area contributed by atoms with E-state index in [1.54, 1.807) is 7.11 Å². The van der Waals surface area contributed by atoms with Crippen LogP contribution in [0.1, 0.15) is 19.8 Å². The van der Waals surface area contributed by atoms with Gasteiger partial charge in [0.15, 0.2) is 0 Å². The van der Waals surface area contributed by atoms with Crippen LogP contribution in [0.2, 0.25) is 0 Å². The van der Waals surface area contributed by atoms with Crippen LogP contribution in [0.15, 0.2) is 48.5 Å². The molecular weight excluding hydrogens is 352 g/mol. The predicted octanol–water partition coefficient (Wildman–Crippen LogP) is 3.64. The Morgan fingerprint density at radius 3 is 2.46 bits per heavy atom. The maximum Gasteiger partial charge on any atom is 0.238 e. The molecule has 2 aromatic carbocycles. The van der Waals surface area contributed by atoms with Crippen LogP contribution in [0.5, 0.6) is 5.75 Å². The van der Waals surface area contributed by atoms with E-state index in [-0.39, 0.29) is 5.91 Å². The van der Waals surface area contributed by atoms with E-state index in [0.29, 0.717) is 12.6 Å². The van der Waals surface area contributed by atoms with Gasteiger partial charge in [0, 0.05) is 48.8 Å². The molecule has 6 heteroatoms. The number of ether oxygens (including phenoxy) is 1. The summed E-state index contributed by atoms with van der Waals surface area (Å²) in [6.45, 7) is 5.20. The number of amides is 1. The Labute approximate surface area is 167 Å². The van der Waals surface area contributed by atoms with Crippen molar-refractivity contribution >= 4 is 23.0 Å². The molecule has 28 heavy (non-hydrogen) atoms. The number of anilines is 3. The number of likely N-dealkylation sites (tertiary alicyclic amines) is 1. The van der Waals surface area contributed by atoms with Crippen molar-refractivity contribution in [3.63, 3.8) is 0 Å². The zero-order valence-electron chi connectivity index (χ0n) is 16.7. The molecule has 1 amide bonds. The molecule has 1 fully saturated rings. The van der Waals surface area contributed by atoms with Crippen LogP contribution < -0.4 is 20.7 Å². The maximum atomic E-state index is 12.3. The van der Waals surface area contributed by atoms with Crippen molar-refractivity contribution in [3.05, 3.63) is 48.5 Å². The lowest BCUT2D eigenvalue weighted by molar-refractivity contribution is -0.117. The van der Waals surface area contributed by atoms with Crippen LogP contribution in [0.4, 0.5) is 17.1 Å². The summed E-state index contributed by atoms with van der Waals surface area (Å²) in [5.41, 5.74) is 2.98. The van der Waals surface area contributed by atoms with E-state index in [0.717, 1.165) is 55.3 Å². The molecular formula is C22H30N4O2. The van der Waals surface area contributed by atoms with E-state index in [2.05, 4.69) is 33.8 Å². The number of hydrogen-bond acceptors (Lipinski definition) is 5. The van der Waals surface area contributed by atoms with Crippen molar-refractivity contribution in [1.82, 2.24) is 4.90 Å². The third-order valence-corrected chi connectivity index (χ3v) is 4.94. The fourth-order valence-corrected chi connectivity index (χ4v) is 3.46. The predicted molar refractivity (Wildman–Crippen MR) is 115 cm³/mol. The van der Waals surface area contributed by atoms with Gasteiger partial charge in [0.1, 0.15) is 5.75 Å². The first-order chi connectivity index (χ1) is 13.7. The Kier molecular flexibility index (Phi) is 7.14. The molecule has 1 aliphatic rings. The average molecular weight is 383 g/mol. The molecule has 0 atom stereocenters. The van der Waals surface area contributed by atoms with Crippen LogP contribution in [0, 0.1) is 0 Å². The number of rotatable bonds is 8. The second kappa shape index (κ2) is 9.99. The smallest absolute Gasteiger partial charge is 0.238 e. The molecule has 0 spiro atoms. The minimum absolute atomic E-state index is 0.0374. The molecule has 1 saturated heterocycles. The molecule has 0 aliphatic carbocycles. The van der Waals surface area contributed by atoms with E-state index in [1.165, 1.54) is 0 Å². The highest BCUT2D eigenvalue weighted by molar-refractivity contribution is 5.92. The largest absolute Gasteiger partial charge is 0.497 e. The Morgan fingerprint density at radius 1 is 1.07 bits per heavy atom. The van der Waals surface area contributed by atoms with Crippen LogP contribution in [-0.2, 0) is 4.79 Å². The van der Waals surface area contributed by atoms with Crippen LogP contribution in [-0.4, -0.2) is 50.1 Å². The van der Waals surface area contributed by atoms with E-state index in [9.17, 15) is 4.79 Å². The first kappa shape index (κ1) is 20.0. The number of methoxy groups -OCH3 is 1. The Bertz CT molecular complexity index is 755. The molecule has 150 valence electrons. The lowest BCUT2D eigenvalue weighted by atomic mass is 10.0. The molecule has 2 aromatic rings. The van der Waals surface area contributed by atoms with Gasteiger partial charge >= 0.3 is 0 Å². The van der Waals surface area contributed by atoms with Crippen LogP contribution in [0.3, 0.4) is 0 Å². The van der Waals surface area contributed by atoms with Crippen molar-refractivity contribution in [3.8, 4) is 5.75 Å². The molecule has 3 N–H and O–H groups in total. The summed E-state index contributed by atoms with van der Waals surface area (Å²) in [7, 11) is 1.68. The fourth-order valence-electron chi connectivity index (χ4n) is 3.46. The summed E-state index contributed by atoms with van der Waals surface area (Å²) in [4.78, 5) is 14.6. The van der Waals surface area contributed by atoms with Crippen LogP contribution >= 0.6 is 0 Å². The van der Waals surface area contributed by atoms with Crippen molar-refractivity contribution in [2.45, 2.75) is 25.8 Å². The van der Waals surface area contributed by atoms with Gasteiger partial charge in [-0.3, -0.25) is 9.69 Å². The number of nitrogens with one attached hydrogen (secondary N) is 3. The minimum Gasteiger partial charge on any atom is -0.497 e. The minimum atomic E-state index is 0.0374. The summed E-state index contributed by atoms with van der Waals surface area (Å²) in [5.74, 6) is 0.896. The SMILES string of the molecule is CCNc1ccc(NC(=O)CN2CCC(Nc3cccc(OC)c3)CC2)cc1. The summed E-state index contributed by atoms with van der Waals surface area (Å²) in [6, 6.07) is 16.3. The summed E-state index contributed by atoms with van der Waals surface area (Å²) >= 11 is 0. The van der Waals surface area contributed by atoms with Gasteiger partial charge < -0.3 is 20.7 Å². The monoisotopic (exact) mass is 382 g/mol. The number of carbonyl (C=O) groups is 1. The van der Waals surface area contributed by atoms with E-state index >= 15 is 0 Å². The van der Waals surface area contributed by atoms with Crippen LogP contribution in [0.25, 0.3) is 0 Å². The van der Waals surface area contributed by atoms with Crippen molar-refractivity contribution < 1.29 is 9.53 Å². The molecule has 0 aromatic heterocycles. The molecule has 1 aliphatic heterocycles. The molecule has 0 bridgehead atoms. The average Bonchev–Trinajstić information content (AvgIpc) is 2.71. The van der Waals surface area contributed by atoms with Gasteiger partial charge in [-0.1, -0.05) is 6.07 Å². The first-order valence-corrected chi connectivity index (χ1v) is 9.93. The standard InChI is InChI=1S/C22H30N4O2/c1-3-23-17-7-9-18(10-8-17)25-22(27)16-26-13-11-19(12-14-26)24-20-5-4-6-21(15-20)28-2/h4-10,15,19,23-24H,3,11-14,16H2,1-2H3,(H,25,27). The third kappa shape index (κ3) is 5.89. The normalized spacial score (nSPS) is 15.1. The van der Waals surface area contributed by atoms with Crippen molar-refractivity contribution in [1.29, 1.82) is 0 Å². The molecule has 3 rings (SSSR count). The highest BCUT2D eigenvalue weighted by Crippen LogP contribution is 2.21. The van der Waals surface area contributed by atoms with Gasteiger partial charge in [-0.2, -0.15) is 0 Å². The molecule has 6 nitrogen and oxygen atoms in total. The van der Waals surface area contributed by atoms with Gasteiger partial charge in [0.2, 0.25) is 5.91 Å². The number of nitrogens with zero attached hydrogens (tertiary/aromatic N) is 1. The zero-order chi connectivity index (χ0) is 19.8. The number of carbonyl (C=O) groups excluding carboxylic acids is 1. The summed E-state index contributed by atoms with van der Waals surface area (Å²) < 4.78 is 5.28. The summed E-state index contributed by atoms with van der Waals surface area (Å²) in [6.07, 6.45) is 2.03. The van der Waals surface area contributed by atoms with Crippen molar-refractivity contribution in [2.75, 3.05) is 49.2 Å². The van der Waals surface area contributed by atoms with E-state index < -0.39 is 0 Å². The second-order valence-corrected chi connectivity index (χ2v) is 7.08. The highest BCUT2D eigenvalue weighted by atomic mass is 16.5. The Balaban J connectivity index is 1.41. The number of piperidine rings is 1. The molecule has 0 radical (unpaired) electrons. The second-order valence-electron chi connectivity index (χ2n) is 7.08. The van der Waals surface area contributed by atoms with E-state index in [4.69, 9.17) is 4.74 Å². The van der Waals surface area contributed by atoms with Gasteiger partial charge in [-0.05, 0) is 56.2 Å². The Morgan fingerprint density at radius 2 is 1.79 bits per heavy atom. The molecule has 1 heterocycles. The van der Waals surface area contributed by atoms with Gasteiger partial charge in [0.05, 0.1) is 13.7 Å². The van der Waals surface area contributed by atoms with Crippen molar-refractivity contribution in [2.24, 2.45) is 0 Å². The first-order valence-electron chi connectivity index (χ1n) is 9.93. The lowest BCUT2D eigenvalue weighted by Gasteiger charge is -2.32. The number of benzene rings is 2. The fraction of sp³-hybridized carbons (Fsp3) is 0.409. The van der Waals surface area contributed by atoms with Gasteiger partial charge in [0.25, 0.3) is 0 Å². The molecule has 0 unspecified atom stereocenters. The Hall–Kier alpha value is -2.73. The highest BCUT2D eigenvalue weighted by Gasteiger charge is 2.20. The van der Waals surface area contributed by atoms with Gasteiger partial charge in [-0.15, -0.1) is 0 Å². The molecule has 0 saturated carbocycles.